The highest BCUT2D eigenvalue weighted by Gasteiger charge is 2.42. The van der Waals surface area contributed by atoms with E-state index in [1.54, 1.807) is 0 Å². The number of nitrogens with two attached hydrogens (primary N) is 2. The average molecular weight is 665 g/mol. The molecule has 1 saturated heterocycles. The number of carbonyl (C=O) groups excluding carboxylic acids is 5. The number of nitrogens with one attached hydrogen (secondary N) is 2. The van der Waals surface area contributed by atoms with Crippen LogP contribution in [-0.4, -0.2) is 80.4 Å². The van der Waals surface area contributed by atoms with E-state index in [-0.39, 0.29) is 43.7 Å². The third-order valence-corrected chi connectivity index (χ3v) is 7.04. The number of guanidine groups is 1. The summed E-state index contributed by atoms with van der Waals surface area (Å²) >= 11 is 1.35. The minimum Gasteiger partial charge on any atom is -0.481 e. The molecule has 0 aromatic rings. The Bertz CT molecular complexity index is 934. The molecule has 0 radical (unpaired) electrons. The molecule has 14 heteroatoms. The summed E-state index contributed by atoms with van der Waals surface area (Å²) in [6, 6.07) is -3.48. The van der Waals surface area contributed by atoms with Crippen molar-refractivity contribution in [2.45, 2.75) is 90.3 Å². The molecular formula is C25H41IN6O7. The Balaban J connectivity index is 3.11. The average Bonchev–Trinajstić information content (AvgIpc) is 3.25. The van der Waals surface area contributed by atoms with Crippen molar-refractivity contribution in [3.63, 3.8) is 0 Å². The smallest absolute Gasteiger partial charge is 0.305 e. The lowest BCUT2D eigenvalue weighted by molar-refractivity contribution is -0.146. The van der Waals surface area contributed by atoms with Gasteiger partial charge in [0.1, 0.15) is 12.1 Å². The van der Waals surface area contributed by atoms with E-state index in [0.717, 1.165) is 12.8 Å². The highest BCUT2D eigenvalue weighted by Crippen LogP contribution is 2.25. The summed E-state index contributed by atoms with van der Waals surface area (Å²) in [5.74, 6) is -4.34. The van der Waals surface area contributed by atoms with E-state index < -0.39 is 57.8 Å². The van der Waals surface area contributed by atoms with Gasteiger partial charge < -0.3 is 32.1 Å². The van der Waals surface area contributed by atoms with Gasteiger partial charge in [0, 0.05) is 41.6 Å². The predicted octanol–water partition coefficient (Wildman–Crippen LogP) is 0.468. The van der Waals surface area contributed by atoms with E-state index in [4.69, 9.17) is 11.5 Å². The van der Waals surface area contributed by atoms with Gasteiger partial charge in [0.25, 0.3) is 3.79 Å². The molecule has 13 nitrogen and oxygen atoms in total. The van der Waals surface area contributed by atoms with Gasteiger partial charge in [-0.2, -0.15) is 0 Å². The second-order valence-electron chi connectivity index (χ2n) is 9.93. The predicted molar refractivity (Wildman–Crippen MR) is 153 cm³/mol. The number of aliphatic carboxylic acids is 1. The van der Waals surface area contributed by atoms with Crippen LogP contribution in [0, 0.1) is 11.8 Å². The van der Waals surface area contributed by atoms with Crippen molar-refractivity contribution >= 4 is 61.8 Å². The van der Waals surface area contributed by atoms with Crippen LogP contribution in [-0.2, 0) is 28.8 Å². The number of amides is 3. The standard InChI is InChI=1S/C25H41IN6O7/c1-4-7-15(8-5-2)22(37)31-17(12-19(33)34)24(39)32-13-14(3)11-18(32)23(38)30-16(20(35)21(26)36)9-6-10-29-25(27)28/h14-18H,4-13H2,1-3H3,(H,30,38)(H,31,37)(H,33,34)(H4,27,28,29)/t14-,16?,17?,18?/m0/s1. The molecule has 0 spiro atoms. The Morgan fingerprint density at radius 3 is 2.15 bits per heavy atom. The van der Waals surface area contributed by atoms with Gasteiger partial charge in [-0.25, -0.2) is 0 Å². The van der Waals surface area contributed by atoms with E-state index in [1.165, 1.54) is 27.5 Å². The van der Waals surface area contributed by atoms with Crippen molar-refractivity contribution in [1.82, 2.24) is 15.5 Å². The first-order chi connectivity index (χ1) is 18.3. The fraction of sp³-hybridized carbons (Fsp3) is 0.720. The second kappa shape index (κ2) is 17.0. The maximum atomic E-state index is 13.5. The first-order valence-corrected chi connectivity index (χ1v) is 14.3. The number of Topliss-reactive ketones (excluding diaryl/α,β-unsaturated/α-hetero) is 1. The summed E-state index contributed by atoms with van der Waals surface area (Å²) in [4.78, 5) is 80.6. The van der Waals surface area contributed by atoms with Gasteiger partial charge in [0.2, 0.25) is 23.5 Å². The van der Waals surface area contributed by atoms with Crippen molar-refractivity contribution in [3.05, 3.63) is 0 Å². The molecule has 0 bridgehead atoms. The van der Waals surface area contributed by atoms with Crippen molar-refractivity contribution in [2.75, 3.05) is 13.1 Å². The Hall–Kier alpha value is -2.78. The SMILES string of the molecule is CCCC(CCC)C(=O)NC(CC(=O)O)C(=O)N1C[C@@H](C)CC1C(=O)NC(CCCN=C(N)N)C(=O)C(=O)I. The number of aliphatic imine (C=N–C) groups is 1. The molecule has 1 fully saturated rings. The molecule has 1 rings (SSSR count). The molecule has 0 saturated carbocycles. The lowest BCUT2D eigenvalue weighted by Crippen LogP contribution is -2.56. The monoisotopic (exact) mass is 664 g/mol. The van der Waals surface area contributed by atoms with E-state index >= 15 is 0 Å². The molecule has 7 N–H and O–H groups in total. The molecule has 4 atom stereocenters. The molecule has 39 heavy (non-hydrogen) atoms. The normalized spacial score (nSPS) is 18.2. The zero-order valence-electron chi connectivity index (χ0n) is 22.8. The Kier molecular flexibility index (Phi) is 14.9. The number of carboxylic acid groups (broad SMARTS) is 1. The van der Waals surface area contributed by atoms with Crippen LogP contribution in [0.25, 0.3) is 0 Å². The fourth-order valence-corrected chi connectivity index (χ4v) is 5.06. The number of likely N-dealkylation sites (tertiary alicyclic amines) is 1. The first kappa shape index (κ1) is 34.2. The molecule has 0 aromatic heterocycles. The summed E-state index contributed by atoms with van der Waals surface area (Å²) in [6.07, 6.45) is 2.77. The third-order valence-electron chi connectivity index (χ3n) is 6.51. The maximum absolute atomic E-state index is 13.5. The molecular weight excluding hydrogens is 623 g/mol. The molecule has 0 aliphatic carbocycles. The largest absolute Gasteiger partial charge is 0.481 e. The number of carbonyl (C=O) groups is 6. The van der Waals surface area contributed by atoms with E-state index in [0.29, 0.717) is 19.3 Å². The van der Waals surface area contributed by atoms with Crippen LogP contribution < -0.4 is 22.1 Å². The van der Waals surface area contributed by atoms with Gasteiger partial charge in [-0.1, -0.05) is 33.6 Å². The van der Waals surface area contributed by atoms with Gasteiger partial charge in [-0.05, 0) is 38.0 Å². The van der Waals surface area contributed by atoms with Gasteiger partial charge in [0.05, 0.1) is 12.5 Å². The summed E-state index contributed by atoms with van der Waals surface area (Å²) in [5.41, 5.74) is 10.6. The van der Waals surface area contributed by atoms with Gasteiger partial charge in [-0.3, -0.25) is 33.8 Å². The van der Waals surface area contributed by atoms with Crippen LogP contribution in [0.2, 0.25) is 0 Å². The van der Waals surface area contributed by atoms with E-state index in [1.807, 2.05) is 20.8 Å². The van der Waals surface area contributed by atoms with Gasteiger partial charge in [-0.15, -0.1) is 0 Å². The van der Waals surface area contributed by atoms with Crippen LogP contribution in [0.3, 0.4) is 0 Å². The zero-order chi connectivity index (χ0) is 29.7. The lowest BCUT2D eigenvalue weighted by atomic mass is 9.96. The number of hydrogen-bond donors (Lipinski definition) is 5. The minimum absolute atomic E-state index is 0.0963. The minimum atomic E-state index is -1.35. The Morgan fingerprint density at radius 2 is 1.64 bits per heavy atom. The van der Waals surface area contributed by atoms with Crippen molar-refractivity contribution in [3.8, 4) is 0 Å². The van der Waals surface area contributed by atoms with Gasteiger partial charge >= 0.3 is 5.97 Å². The van der Waals surface area contributed by atoms with Crippen LogP contribution >= 0.6 is 22.6 Å². The van der Waals surface area contributed by atoms with Crippen LogP contribution in [0.5, 0.6) is 0 Å². The summed E-state index contributed by atoms with van der Waals surface area (Å²) < 4.78 is -0.759. The molecule has 0 aromatic carbocycles. The van der Waals surface area contributed by atoms with Crippen molar-refractivity contribution < 1.29 is 33.9 Å². The summed E-state index contributed by atoms with van der Waals surface area (Å²) in [6.45, 7) is 6.08. The molecule has 1 aliphatic heterocycles. The number of nitrogens with zero attached hydrogens (tertiary/aromatic N) is 2. The second-order valence-corrected chi connectivity index (χ2v) is 10.9. The van der Waals surface area contributed by atoms with Crippen LogP contribution in [0.1, 0.15) is 72.1 Å². The third kappa shape index (κ3) is 11.5. The molecule has 220 valence electrons. The van der Waals surface area contributed by atoms with Gasteiger partial charge in [0.15, 0.2) is 5.96 Å². The number of ketones is 1. The Morgan fingerprint density at radius 1 is 1.03 bits per heavy atom. The summed E-state index contributed by atoms with van der Waals surface area (Å²) in [7, 11) is 0. The Labute approximate surface area is 242 Å². The fourth-order valence-electron chi connectivity index (χ4n) is 4.68. The molecule has 1 heterocycles. The van der Waals surface area contributed by atoms with Crippen LogP contribution in [0.15, 0.2) is 4.99 Å². The summed E-state index contributed by atoms with van der Waals surface area (Å²) in [5, 5.41) is 14.6. The highest BCUT2D eigenvalue weighted by atomic mass is 127. The quantitative estimate of drug-likeness (QED) is 0.0364. The molecule has 3 unspecified atom stereocenters. The number of halogens is 1. The topological polar surface area (TPSA) is 214 Å². The number of carboxylic acids is 1. The van der Waals surface area contributed by atoms with Crippen LogP contribution in [0.4, 0.5) is 0 Å². The number of hydrogen-bond acceptors (Lipinski definition) is 7. The number of rotatable bonds is 17. The molecule has 1 aliphatic rings. The van der Waals surface area contributed by atoms with E-state index in [9.17, 15) is 33.9 Å². The van der Waals surface area contributed by atoms with E-state index in [2.05, 4.69) is 15.6 Å². The van der Waals surface area contributed by atoms with Crippen molar-refractivity contribution in [1.29, 1.82) is 0 Å². The lowest BCUT2D eigenvalue weighted by Gasteiger charge is -2.30. The molecule has 3 amide bonds. The highest BCUT2D eigenvalue weighted by molar-refractivity contribution is 14.1. The zero-order valence-corrected chi connectivity index (χ0v) is 24.9. The maximum Gasteiger partial charge on any atom is 0.305 e. The van der Waals surface area contributed by atoms with Crippen molar-refractivity contribution in [2.24, 2.45) is 28.3 Å². The first-order valence-electron chi connectivity index (χ1n) is 13.2.